The van der Waals surface area contributed by atoms with Crippen molar-refractivity contribution < 1.29 is 0 Å². The van der Waals surface area contributed by atoms with Gasteiger partial charge in [-0.2, -0.15) is 14.8 Å². The molecule has 126 valence electrons. The SMILES string of the molecule is Cc1cc(-c2c(-c3ccccc3)nc(N)n3nc(C#N)nc23)cc(C)n1. The van der Waals surface area contributed by atoms with E-state index in [1.807, 2.05) is 62.4 Å². The molecule has 0 saturated carbocycles. The Balaban J connectivity index is 2.15. The van der Waals surface area contributed by atoms with E-state index < -0.39 is 0 Å². The van der Waals surface area contributed by atoms with E-state index >= 15 is 0 Å². The molecule has 0 spiro atoms. The van der Waals surface area contributed by atoms with Crippen molar-refractivity contribution >= 4 is 11.6 Å². The van der Waals surface area contributed by atoms with Gasteiger partial charge in [0.05, 0.1) is 11.3 Å². The molecular formula is C19H15N7. The molecule has 1 aromatic carbocycles. The average Bonchev–Trinajstić information content (AvgIpc) is 3.06. The van der Waals surface area contributed by atoms with Crippen LogP contribution in [0.2, 0.25) is 0 Å². The first-order valence-corrected chi connectivity index (χ1v) is 8.04. The van der Waals surface area contributed by atoms with Gasteiger partial charge < -0.3 is 5.73 Å². The van der Waals surface area contributed by atoms with Crippen molar-refractivity contribution in [3.05, 3.63) is 59.7 Å². The summed E-state index contributed by atoms with van der Waals surface area (Å²) in [5, 5.41) is 13.3. The molecule has 0 radical (unpaired) electrons. The first kappa shape index (κ1) is 15.7. The number of nitrogens with zero attached hydrogens (tertiary/aromatic N) is 6. The number of anilines is 1. The van der Waals surface area contributed by atoms with Gasteiger partial charge in [-0.3, -0.25) is 4.98 Å². The fraction of sp³-hybridized carbons (Fsp3) is 0.105. The van der Waals surface area contributed by atoms with Crippen LogP contribution in [0.5, 0.6) is 0 Å². The number of aryl methyl sites for hydroxylation is 2. The van der Waals surface area contributed by atoms with Crippen molar-refractivity contribution in [2.24, 2.45) is 0 Å². The number of hydrogen-bond donors (Lipinski definition) is 1. The molecule has 4 aromatic rings. The number of nitrogen functional groups attached to an aromatic ring is 1. The number of nitriles is 1. The zero-order chi connectivity index (χ0) is 18.3. The highest BCUT2D eigenvalue weighted by atomic mass is 15.3. The lowest BCUT2D eigenvalue weighted by Crippen LogP contribution is -2.06. The third-order valence-electron chi connectivity index (χ3n) is 4.03. The van der Waals surface area contributed by atoms with E-state index in [1.165, 1.54) is 4.52 Å². The fourth-order valence-corrected chi connectivity index (χ4v) is 3.05. The number of fused-ring (bicyclic) bond motifs is 1. The quantitative estimate of drug-likeness (QED) is 0.601. The van der Waals surface area contributed by atoms with Gasteiger partial charge in [-0.25, -0.2) is 4.98 Å². The first-order valence-electron chi connectivity index (χ1n) is 8.04. The van der Waals surface area contributed by atoms with Crippen LogP contribution < -0.4 is 5.73 Å². The molecule has 0 fully saturated rings. The standard InChI is InChI=1S/C19H15N7/c1-11-8-14(9-12(2)22-11)16-17(13-6-4-3-5-7-13)24-19(21)26-18(16)23-15(10-20)25-26/h3-9H,1-2H3,(H2,21,24). The number of hydrogen-bond acceptors (Lipinski definition) is 6. The predicted molar refractivity (Wildman–Crippen MR) is 98.1 cm³/mol. The first-order chi connectivity index (χ1) is 12.6. The summed E-state index contributed by atoms with van der Waals surface area (Å²) in [5.41, 5.74) is 11.6. The highest BCUT2D eigenvalue weighted by Crippen LogP contribution is 2.35. The van der Waals surface area contributed by atoms with E-state index in [0.29, 0.717) is 11.3 Å². The Morgan fingerprint density at radius 2 is 1.65 bits per heavy atom. The summed E-state index contributed by atoms with van der Waals surface area (Å²) < 4.78 is 1.41. The fourth-order valence-electron chi connectivity index (χ4n) is 3.05. The topological polar surface area (TPSA) is 106 Å². The van der Waals surface area contributed by atoms with Gasteiger partial charge in [-0.05, 0) is 31.5 Å². The predicted octanol–water partition coefficient (Wildman–Crippen LogP) is 2.92. The van der Waals surface area contributed by atoms with E-state index in [1.54, 1.807) is 0 Å². The van der Waals surface area contributed by atoms with Crippen LogP contribution in [0, 0.1) is 25.2 Å². The van der Waals surface area contributed by atoms with E-state index in [2.05, 4.69) is 20.1 Å². The van der Waals surface area contributed by atoms with Gasteiger partial charge in [0.25, 0.3) is 5.82 Å². The summed E-state index contributed by atoms with van der Waals surface area (Å²) in [7, 11) is 0. The number of nitrogens with two attached hydrogens (primary N) is 1. The molecule has 0 atom stereocenters. The third-order valence-corrected chi connectivity index (χ3v) is 4.03. The Morgan fingerprint density at radius 1 is 0.962 bits per heavy atom. The molecule has 0 aliphatic carbocycles. The molecule has 2 N–H and O–H groups in total. The van der Waals surface area contributed by atoms with Gasteiger partial charge >= 0.3 is 0 Å². The molecule has 0 saturated heterocycles. The summed E-state index contributed by atoms with van der Waals surface area (Å²) in [6.45, 7) is 3.87. The largest absolute Gasteiger partial charge is 0.368 e. The molecule has 7 heteroatoms. The summed E-state index contributed by atoms with van der Waals surface area (Å²) >= 11 is 0. The van der Waals surface area contributed by atoms with Crippen LogP contribution in [-0.4, -0.2) is 24.6 Å². The van der Waals surface area contributed by atoms with Crippen LogP contribution in [0.1, 0.15) is 17.2 Å². The van der Waals surface area contributed by atoms with Crippen LogP contribution >= 0.6 is 0 Å². The number of rotatable bonds is 2. The molecule has 0 aliphatic rings. The van der Waals surface area contributed by atoms with Gasteiger partial charge in [-0.15, -0.1) is 5.10 Å². The van der Waals surface area contributed by atoms with Crippen LogP contribution in [0.25, 0.3) is 28.0 Å². The van der Waals surface area contributed by atoms with Crippen molar-refractivity contribution in [3.8, 4) is 28.5 Å². The zero-order valence-corrected chi connectivity index (χ0v) is 14.3. The number of pyridine rings is 1. The van der Waals surface area contributed by atoms with Gasteiger partial charge in [0, 0.05) is 17.0 Å². The average molecular weight is 341 g/mol. The molecule has 3 heterocycles. The van der Waals surface area contributed by atoms with E-state index in [4.69, 9.17) is 5.73 Å². The van der Waals surface area contributed by atoms with Crippen LogP contribution in [0.15, 0.2) is 42.5 Å². The van der Waals surface area contributed by atoms with Crippen molar-refractivity contribution in [3.63, 3.8) is 0 Å². The molecule has 26 heavy (non-hydrogen) atoms. The Bertz CT molecular complexity index is 1150. The van der Waals surface area contributed by atoms with Crippen molar-refractivity contribution in [2.45, 2.75) is 13.8 Å². The highest BCUT2D eigenvalue weighted by Gasteiger charge is 2.20. The zero-order valence-electron chi connectivity index (χ0n) is 14.3. The smallest absolute Gasteiger partial charge is 0.253 e. The third kappa shape index (κ3) is 2.54. The van der Waals surface area contributed by atoms with Crippen molar-refractivity contribution in [2.75, 3.05) is 5.73 Å². The highest BCUT2D eigenvalue weighted by molar-refractivity contribution is 5.90. The lowest BCUT2D eigenvalue weighted by Gasteiger charge is -2.13. The monoisotopic (exact) mass is 341 g/mol. The Labute approximate surface area is 149 Å². The second kappa shape index (κ2) is 5.93. The molecule has 0 aliphatic heterocycles. The molecular weight excluding hydrogens is 326 g/mol. The van der Waals surface area contributed by atoms with Crippen LogP contribution in [-0.2, 0) is 0 Å². The van der Waals surface area contributed by atoms with Gasteiger partial charge in [-0.1, -0.05) is 30.3 Å². The molecule has 0 unspecified atom stereocenters. The molecule has 7 nitrogen and oxygen atoms in total. The maximum atomic E-state index is 9.21. The summed E-state index contributed by atoms with van der Waals surface area (Å²) in [4.78, 5) is 13.4. The summed E-state index contributed by atoms with van der Waals surface area (Å²) in [5.74, 6) is 0.228. The Kier molecular flexibility index (Phi) is 3.59. The van der Waals surface area contributed by atoms with Crippen LogP contribution in [0.4, 0.5) is 5.95 Å². The summed E-state index contributed by atoms with van der Waals surface area (Å²) in [6.07, 6.45) is 0. The number of benzene rings is 1. The minimum absolute atomic E-state index is 0.0486. The molecule has 3 aromatic heterocycles. The normalized spacial score (nSPS) is 10.8. The van der Waals surface area contributed by atoms with Crippen LogP contribution in [0.3, 0.4) is 0 Å². The van der Waals surface area contributed by atoms with Crippen molar-refractivity contribution in [1.29, 1.82) is 5.26 Å². The summed E-state index contributed by atoms with van der Waals surface area (Å²) in [6, 6.07) is 15.6. The maximum Gasteiger partial charge on any atom is 0.253 e. The second-order valence-corrected chi connectivity index (χ2v) is 5.98. The minimum atomic E-state index is 0.0486. The van der Waals surface area contributed by atoms with Gasteiger partial charge in [0.1, 0.15) is 6.07 Å². The van der Waals surface area contributed by atoms with E-state index in [-0.39, 0.29) is 11.8 Å². The van der Waals surface area contributed by atoms with E-state index in [9.17, 15) is 5.26 Å². The van der Waals surface area contributed by atoms with Gasteiger partial charge in [0.2, 0.25) is 5.95 Å². The molecule has 4 rings (SSSR count). The van der Waals surface area contributed by atoms with E-state index in [0.717, 1.165) is 28.1 Å². The maximum absolute atomic E-state index is 9.21. The van der Waals surface area contributed by atoms with Gasteiger partial charge in [0.15, 0.2) is 5.65 Å². The lowest BCUT2D eigenvalue weighted by molar-refractivity contribution is 0.932. The lowest BCUT2D eigenvalue weighted by atomic mass is 9.99. The second-order valence-electron chi connectivity index (χ2n) is 5.98. The van der Waals surface area contributed by atoms with Crippen molar-refractivity contribution in [1.82, 2.24) is 24.6 Å². The number of aromatic nitrogens is 5. The molecule has 0 bridgehead atoms. The Morgan fingerprint density at radius 3 is 2.31 bits per heavy atom. The minimum Gasteiger partial charge on any atom is -0.368 e. The molecule has 0 amide bonds. The Hall–Kier alpha value is -3.79.